The van der Waals surface area contributed by atoms with Gasteiger partial charge in [-0.3, -0.25) is 14.4 Å². The molecule has 6 rings (SSSR count). The fourth-order valence-corrected chi connectivity index (χ4v) is 5.00. The summed E-state index contributed by atoms with van der Waals surface area (Å²) in [5.41, 5.74) is 4.36. The average Bonchev–Trinajstić information content (AvgIpc) is 3.45. The van der Waals surface area contributed by atoms with Gasteiger partial charge in [-0.2, -0.15) is 0 Å². The predicted octanol–water partition coefficient (Wildman–Crippen LogP) is 5.63. The van der Waals surface area contributed by atoms with E-state index in [2.05, 4.69) is 0 Å². The number of nitrogens with zero attached hydrogens (tertiary/aromatic N) is 2. The summed E-state index contributed by atoms with van der Waals surface area (Å²) in [7, 11) is 0. The molecule has 4 aromatic carbocycles. The Morgan fingerprint density at radius 3 is 2.05 bits per heavy atom. The fourth-order valence-electron chi connectivity index (χ4n) is 5.00. The Hall–Kier alpha value is -4.42. The van der Waals surface area contributed by atoms with E-state index in [-0.39, 0.29) is 11.8 Å². The van der Waals surface area contributed by atoms with Gasteiger partial charge in [0.25, 0.3) is 5.91 Å². The summed E-state index contributed by atoms with van der Waals surface area (Å²) >= 11 is 0. The first-order valence-corrected chi connectivity index (χ1v) is 12.3. The summed E-state index contributed by atoms with van der Waals surface area (Å²) in [4.78, 5) is 34.7. The first kappa shape index (κ1) is 23.0. The molecule has 6 heteroatoms. The molecule has 2 fully saturated rings. The average molecular weight is 491 g/mol. The van der Waals surface area contributed by atoms with Gasteiger partial charge in [0.05, 0.1) is 17.4 Å². The Kier molecular flexibility index (Phi) is 5.94. The van der Waals surface area contributed by atoms with E-state index >= 15 is 0 Å². The van der Waals surface area contributed by atoms with Crippen LogP contribution in [0.1, 0.15) is 22.7 Å². The van der Waals surface area contributed by atoms with Crippen LogP contribution in [-0.2, 0) is 21.0 Å². The molecule has 0 radical (unpaired) electrons. The van der Waals surface area contributed by atoms with Crippen molar-refractivity contribution < 1.29 is 19.2 Å². The van der Waals surface area contributed by atoms with Gasteiger partial charge in [0.15, 0.2) is 6.10 Å². The zero-order chi connectivity index (χ0) is 25.4. The third-order valence-electron chi connectivity index (χ3n) is 6.89. The van der Waals surface area contributed by atoms with Crippen molar-refractivity contribution in [3.63, 3.8) is 0 Å². The molecule has 2 aliphatic rings. The topological polar surface area (TPSA) is 59.1 Å². The molecule has 0 aliphatic carbocycles. The second kappa shape index (κ2) is 9.56. The van der Waals surface area contributed by atoms with Gasteiger partial charge in [-0.1, -0.05) is 78.4 Å². The molecule has 37 heavy (non-hydrogen) atoms. The summed E-state index contributed by atoms with van der Waals surface area (Å²) in [6, 6.07) is 34.1. The first-order valence-electron chi connectivity index (χ1n) is 12.3. The molecule has 0 N–H and O–H groups in total. The summed E-state index contributed by atoms with van der Waals surface area (Å²) in [6.45, 7) is 2.43. The van der Waals surface area contributed by atoms with Crippen molar-refractivity contribution in [1.82, 2.24) is 0 Å². The lowest BCUT2D eigenvalue weighted by Crippen LogP contribution is -2.37. The number of rotatable bonds is 6. The molecule has 4 aromatic rings. The number of carbonyl (C=O) groups excluding carboxylic acids is 2. The van der Waals surface area contributed by atoms with Crippen molar-refractivity contribution in [3.8, 4) is 5.75 Å². The SMILES string of the molecule is Cc1ccc(N2C(=O)C3ON(c4ccccc4)C(c4ccc(OCc5ccccc5)cc4)C3C2=O)cc1. The number of aryl methyl sites for hydroxylation is 1. The van der Waals surface area contributed by atoms with E-state index in [0.717, 1.165) is 28.1 Å². The van der Waals surface area contributed by atoms with Gasteiger partial charge >= 0.3 is 0 Å². The maximum atomic E-state index is 13.7. The first-order chi connectivity index (χ1) is 18.1. The standard InChI is InChI=1S/C31H26N2O4/c1-21-12-16-24(17-13-21)32-30(34)27-28(33(37-29(27)31(32)35)25-10-6-3-7-11-25)23-14-18-26(19-15-23)36-20-22-8-4-2-5-9-22/h2-19,27-29H,20H2,1H3. The predicted molar refractivity (Wildman–Crippen MR) is 141 cm³/mol. The number of amides is 2. The lowest BCUT2D eigenvalue weighted by molar-refractivity contribution is -0.126. The summed E-state index contributed by atoms with van der Waals surface area (Å²) in [5.74, 6) is -0.550. The van der Waals surface area contributed by atoms with Gasteiger partial charge in [0.1, 0.15) is 18.3 Å². The van der Waals surface area contributed by atoms with Crippen LogP contribution in [0.5, 0.6) is 5.75 Å². The monoisotopic (exact) mass is 490 g/mol. The zero-order valence-electron chi connectivity index (χ0n) is 20.4. The molecule has 3 unspecified atom stereocenters. The number of ether oxygens (including phenoxy) is 1. The van der Waals surface area contributed by atoms with Gasteiger partial charge in [-0.25, -0.2) is 9.96 Å². The maximum absolute atomic E-state index is 13.7. The van der Waals surface area contributed by atoms with E-state index in [0.29, 0.717) is 12.3 Å². The minimum atomic E-state index is -0.895. The molecule has 0 aromatic heterocycles. The number of hydrogen-bond donors (Lipinski definition) is 0. The highest BCUT2D eigenvalue weighted by molar-refractivity contribution is 6.23. The van der Waals surface area contributed by atoms with Crippen LogP contribution in [0, 0.1) is 12.8 Å². The Morgan fingerprint density at radius 2 is 1.38 bits per heavy atom. The number of fused-ring (bicyclic) bond motifs is 1. The number of imide groups is 1. The van der Waals surface area contributed by atoms with Gasteiger partial charge in [0, 0.05) is 0 Å². The number of anilines is 2. The molecule has 2 amide bonds. The van der Waals surface area contributed by atoms with Crippen LogP contribution < -0.4 is 14.7 Å². The van der Waals surface area contributed by atoms with Crippen molar-refractivity contribution in [2.75, 3.05) is 9.96 Å². The molecule has 2 saturated heterocycles. The number of para-hydroxylation sites is 1. The van der Waals surface area contributed by atoms with Crippen molar-refractivity contribution in [3.05, 3.63) is 126 Å². The van der Waals surface area contributed by atoms with Gasteiger partial charge in [0.2, 0.25) is 5.91 Å². The van der Waals surface area contributed by atoms with Crippen molar-refractivity contribution >= 4 is 23.2 Å². The molecule has 0 saturated carbocycles. The summed E-state index contributed by atoms with van der Waals surface area (Å²) < 4.78 is 5.96. The van der Waals surface area contributed by atoms with Crippen LogP contribution in [0.25, 0.3) is 0 Å². The van der Waals surface area contributed by atoms with Crippen molar-refractivity contribution in [2.45, 2.75) is 25.7 Å². The van der Waals surface area contributed by atoms with Gasteiger partial charge < -0.3 is 4.74 Å². The molecule has 0 spiro atoms. The molecule has 184 valence electrons. The van der Waals surface area contributed by atoms with E-state index in [9.17, 15) is 9.59 Å². The van der Waals surface area contributed by atoms with Crippen LogP contribution in [-0.4, -0.2) is 17.9 Å². The fraction of sp³-hybridized carbons (Fsp3) is 0.161. The van der Waals surface area contributed by atoms with Crippen molar-refractivity contribution in [1.29, 1.82) is 0 Å². The van der Waals surface area contributed by atoms with Gasteiger partial charge in [-0.15, -0.1) is 0 Å². The maximum Gasteiger partial charge on any atom is 0.266 e. The smallest absolute Gasteiger partial charge is 0.266 e. The Morgan fingerprint density at radius 1 is 0.730 bits per heavy atom. The lowest BCUT2D eigenvalue weighted by atomic mass is 9.90. The molecule has 2 heterocycles. The highest BCUT2D eigenvalue weighted by Gasteiger charge is 2.60. The Balaban J connectivity index is 1.31. The Bertz CT molecular complexity index is 1410. The van der Waals surface area contributed by atoms with Crippen LogP contribution in [0.2, 0.25) is 0 Å². The van der Waals surface area contributed by atoms with E-state index in [4.69, 9.17) is 9.57 Å². The largest absolute Gasteiger partial charge is 0.489 e. The van der Waals surface area contributed by atoms with Crippen LogP contribution in [0.15, 0.2) is 109 Å². The van der Waals surface area contributed by atoms with Crippen LogP contribution >= 0.6 is 0 Å². The highest BCUT2D eigenvalue weighted by Crippen LogP contribution is 2.47. The van der Waals surface area contributed by atoms with Crippen LogP contribution in [0.4, 0.5) is 11.4 Å². The number of hydrogen-bond acceptors (Lipinski definition) is 5. The van der Waals surface area contributed by atoms with E-state index in [1.54, 1.807) is 17.2 Å². The molecule has 3 atom stereocenters. The summed E-state index contributed by atoms with van der Waals surface area (Å²) in [5, 5.41) is 1.71. The lowest BCUT2D eigenvalue weighted by Gasteiger charge is -2.29. The number of hydroxylamine groups is 1. The highest BCUT2D eigenvalue weighted by atomic mass is 16.7. The normalized spacial score (nSPS) is 20.8. The summed E-state index contributed by atoms with van der Waals surface area (Å²) in [6.07, 6.45) is -0.895. The zero-order valence-corrected chi connectivity index (χ0v) is 20.4. The van der Waals surface area contributed by atoms with E-state index in [1.165, 1.54) is 4.90 Å². The molecular weight excluding hydrogens is 464 g/mol. The molecule has 0 bridgehead atoms. The number of benzene rings is 4. The van der Waals surface area contributed by atoms with Gasteiger partial charge in [-0.05, 0) is 54.4 Å². The van der Waals surface area contributed by atoms with Crippen molar-refractivity contribution in [2.24, 2.45) is 5.92 Å². The molecule has 6 nitrogen and oxygen atoms in total. The molecular formula is C31H26N2O4. The quantitative estimate of drug-likeness (QED) is 0.328. The van der Waals surface area contributed by atoms with E-state index < -0.39 is 18.1 Å². The number of carbonyl (C=O) groups is 2. The van der Waals surface area contributed by atoms with Crippen LogP contribution in [0.3, 0.4) is 0 Å². The molecule has 2 aliphatic heterocycles. The minimum absolute atomic E-state index is 0.258. The third-order valence-corrected chi connectivity index (χ3v) is 6.89. The third kappa shape index (κ3) is 4.26. The Labute approximate surface area is 215 Å². The minimum Gasteiger partial charge on any atom is -0.489 e. The van der Waals surface area contributed by atoms with E-state index in [1.807, 2.05) is 104 Å². The second-order valence-corrected chi connectivity index (χ2v) is 9.35. The second-order valence-electron chi connectivity index (χ2n) is 9.35.